The molecule has 6 heteroatoms. The van der Waals surface area contributed by atoms with E-state index in [4.69, 9.17) is 10.3 Å². The predicted molar refractivity (Wildman–Crippen MR) is 67.8 cm³/mol. The van der Waals surface area contributed by atoms with Gasteiger partial charge in [0.15, 0.2) is 0 Å². The van der Waals surface area contributed by atoms with E-state index >= 15 is 0 Å². The van der Waals surface area contributed by atoms with E-state index in [2.05, 4.69) is 20.1 Å². The van der Waals surface area contributed by atoms with Crippen LogP contribution in [0.3, 0.4) is 0 Å². The Balaban J connectivity index is 1.90. The maximum absolute atomic E-state index is 6.08. The quantitative estimate of drug-likeness (QED) is 0.762. The number of rotatable bonds is 3. The molecule has 0 aliphatic rings. The largest absolute Gasteiger partial charge is 0.337 e. The van der Waals surface area contributed by atoms with Gasteiger partial charge in [0.2, 0.25) is 11.7 Å². The minimum Gasteiger partial charge on any atom is -0.337 e. The van der Waals surface area contributed by atoms with Crippen LogP contribution in [0.25, 0.3) is 11.5 Å². The highest BCUT2D eigenvalue weighted by molar-refractivity contribution is 5.46. The van der Waals surface area contributed by atoms with Crippen molar-refractivity contribution in [2.75, 3.05) is 0 Å². The summed E-state index contributed by atoms with van der Waals surface area (Å²) in [4.78, 5) is 12.2. The number of hydrogen-bond acceptors (Lipinski definition) is 6. The topological polar surface area (TPSA) is 90.7 Å². The van der Waals surface area contributed by atoms with Gasteiger partial charge in [-0.3, -0.25) is 0 Å². The van der Waals surface area contributed by atoms with Crippen molar-refractivity contribution in [1.82, 2.24) is 20.1 Å². The van der Waals surface area contributed by atoms with Crippen molar-refractivity contribution in [3.63, 3.8) is 0 Å². The lowest BCUT2D eigenvalue weighted by Gasteiger charge is -2.05. The number of aromatic nitrogens is 4. The molecule has 2 N–H and O–H groups in total. The van der Waals surface area contributed by atoms with Gasteiger partial charge in [0.25, 0.3) is 0 Å². The predicted octanol–water partition coefficient (Wildman–Crippen LogP) is 1.57. The lowest BCUT2D eigenvalue weighted by Crippen LogP contribution is -2.11. The third kappa shape index (κ3) is 2.34. The van der Waals surface area contributed by atoms with Crippen molar-refractivity contribution in [2.45, 2.75) is 6.04 Å². The molecule has 3 aromatic rings. The van der Waals surface area contributed by atoms with Gasteiger partial charge in [-0.2, -0.15) is 4.98 Å². The summed E-state index contributed by atoms with van der Waals surface area (Å²) in [5, 5.41) is 3.88. The fraction of sp³-hybridized carbons (Fsp3) is 0.0769. The summed E-state index contributed by atoms with van der Waals surface area (Å²) < 4.78 is 5.19. The van der Waals surface area contributed by atoms with Crippen molar-refractivity contribution in [3.05, 3.63) is 60.4 Å². The normalized spacial score (nSPS) is 12.3. The Bertz CT molecular complexity index is 653. The number of hydrogen-bond donors (Lipinski definition) is 1. The van der Waals surface area contributed by atoms with Gasteiger partial charge in [-0.1, -0.05) is 35.5 Å². The van der Waals surface area contributed by atoms with E-state index in [9.17, 15) is 0 Å². The Kier molecular flexibility index (Phi) is 2.99. The van der Waals surface area contributed by atoms with Crippen LogP contribution in [0, 0.1) is 0 Å². The highest BCUT2D eigenvalue weighted by Crippen LogP contribution is 2.20. The van der Waals surface area contributed by atoms with Crippen LogP contribution in [0.15, 0.2) is 53.4 Å². The SMILES string of the molecule is N[C@@H](c1ccccc1)c1nc(-c2ccncn2)no1. The molecule has 0 aliphatic carbocycles. The first kappa shape index (κ1) is 11.5. The van der Waals surface area contributed by atoms with Crippen molar-refractivity contribution in [1.29, 1.82) is 0 Å². The Morgan fingerprint density at radius 1 is 1.11 bits per heavy atom. The van der Waals surface area contributed by atoms with Crippen LogP contribution in [0.2, 0.25) is 0 Å². The van der Waals surface area contributed by atoms with Crippen molar-refractivity contribution in [2.24, 2.45) is 5.73 Å². The molecule has 0 saturated heterocycles. The average molecular weight is 253 g/mol. The molecule has 0 spiro atoms. The molecule has 2 heterocycles. The van der Waals surface area contributed by atoms with Gasteiger partial charge >= 0.3 is 0 Å². The van der Waals surface area contributed by atoms with Crippen molar-refractivity contribution < 1.29 is 4.52 Å². The van der Waals surface area contributed by atoms with Gasteiger partial charge < -0.3 is 10.3 Å². The van der Waals surface area contributed by atoms with Crippen LogP contribution in [0.1, 0.15) is 17.5 Å². The molecular formula is C13H11N5O. The van der Waals surface area contributed by atoms with Gasteiger partial charge in [0.05, 0.1) is 0 Å². The second-order valence-electron chi connectivity index (χ2n) is 3.94. The van der Waals surface area contributed by atoms with Crippen LogP contribution in [-0.4, -0.2) is 20.1 Å². The third-order valence-electron chi connectivity index (χ3n) is 2.68. The molecular weight excluding hydrogens is 242 g/mol. The molecule has 0 saturated carbocycles. The second kappa shape index (κ2) is 4.95. The van der Waals surface area contributed by atoms with Crippen LogP contribution < -0.4 is 5.73 Å². The van der Waals surface area contributed by atoms with Gasteiger partial charge in [-0.25, -0.2) is 9.97 Å². The fourth-order valence-electron chi connectivity index (χ4n) is 1.69. The van der Waals surface area contributed by atoms with Crippen molar-refractivity contribution >= 4 is 0 Å². The average Bonchev–Trinajstić information content (AvgIpc) is 2.98. The molecule has 0 fully saturated rings. The van der Waals surface area contributed by atoms with Crippen LogP contribution in [0.4, 0.5) is 0 Å². The summed E-state index contributed by atoms with van der Waals surface area (Å²) >= 11 is 0. The zero-order valence-electron chi connectivity index (χ0n) is 9.97. The summed E-state index contributed by atoms with van der Waals surface area (Å²) in [5.41, 5.74) is 7.60. The molecule has 2 aromatic heterocycles. The molecule has 1 aromatic carbocycles. The summed E-state index contributed by atoms with van der Waals surface area (Å²) in [6.07, 6.45) is 3.05. The Labute approximate surface area is 109 Å². The van der Waals surface area contributed by atoms with E-state index in [1.54, 1.807) is 12.3 Å². The summed E-state index contributed by atoms with van der Waals surface area (Å²) in [7, 11) is 0. The lowest BCUT2D eigenvalue weighted by atomic mass is 10.1. The summed E-state index contributed by atoms with van der Waals surface area (Å²) in [5.74, 6) is 0.767. The molecule has 1 atom stereocenters. The molecule has 6 nitrogen and oxygen atoms in total. The highest BCUT2D eigenvalue weighted by Gasteiger charge is 2.17. The molecule has 19 heavy (non-hydrogen) atoms. The number of nitrogens with two attached hydrogens (primary N) is 1. The maximum atomic E-state index is 6.08. The molecule has 0 aliphatic heterocycles. The van der Waals surface area contributed by atoms with Gasteiger partial charge in [0, 0.05) is 6.20 Å². The number of nitrogens with zero attached hydrogens (tertiary/aromatic N) is 4. The Hall–Kier alpha value is -2.60. The van der Waals surface area contributed by atoms with E-state index in [1.165, 1.54) is 6.33 Å². The first-order valence-corrected chi connectivity index (χ1v) is 5.75. The molecule has 0 radical (unpaired) electrons. The zero-order chi connectivity index (χ0) is 13.1. The number of benzene rings is 1. The molecule has 94 valence electrons. The lowest BCUT2D eigenvalue weighted by molar-refractivity contribution is 0.367. The molecule has 0 unspecified atom stereocenters. The highest BCUT2D eigenvalue weighted by atomic mass is 16.5. The van der Waals surface area contributed by atoms with Crippen LogP contribution >= 0.6 is 0 Å². The van der Waals surface area contributed by atoms with Crippen molar-refractivity contribution in [3.8, 4) is 11.5 Å². The molecule has 3 rings (SSSR count). The fourth-order valence-corrected chi connectivity index (χ4v) is 1.69. The van der Waals surface area contributed by atoms with E-state index < -0.39 is 6.04 Å². The summed E-state index contributed by atoms with van der Waals surface area (Å²) in [6.45, 7) is 0. The second-order valence-corrected chi connectivity index (χ2v) is 3.94. The minimum absolute atomic E-state index is 0.361. The minimum atomic E-state index is -0.440. The summed E-state index contributed by atoms with van der Waals surface area (Å²) in [6, 6.07) is 10.9. The van der Waals surface area contributed by atoms with Crippen LogP contribution in [-0.2, 0) is 0 Å². The van der Waals surface area contributed by atoms with Gasteiger partial charge in [-0.05, 0) is 11.6 Å². The first-order valence-electron chi connectivity index (χ1n) is 5.75. The molecule has 0 bridgehead atoms. The molecule has 0 amide bonds. The zero-order valence-corrected chi connectivity index (χ0v) is 9.97. The van der Waals surface area contributed by atoms with Gasteiger partial charge in [0.1, 0.15) is 18.1 Å². The third-order valence-corrected chi connectivity index (χ3v) is 2.68. The van der Waals surface area contributed by atoms with Gasteiger partial charge in [-0.15, -0.1) is 0 Å². The van der Waals surface area contributed by atoms with Crippen LogP contribution in [0.5, 0.6) is 0 Å². The monoisotopic (exact) mass is 253 g/mol. The first-order chi connectivity index (χ1) is 9.34. The van der Waals surface area contributed by atoms with E-state index in [0.29, 0.717) is 17.4 Å². The Morgan fingerprint density at radius 2 is 1.95 bits per heavy atom. The van der Waals surface area contributed by atoms with E-state index in [0.717, 1.165) is 5.56 Å². The van der Waals surface area contributed by atoms with E-state index in [1.807, 2.05) is 30.3 Å². The maximum Gasteiger partial charge on any atom is 0.248 e. The van der Waals surface area contributed by atoms with E-state index in [-0.39, 0.29) is 0 Å². The Morgan fingerprint density at radius 3 is 2.68 bits per heavy atom. The smallest absolute Gasteiger partial charge is 0.248 e. The standard InChI is InChI=1S/C13H11N5O/c14-11(9-4-2-1-3-5-9)13-17-12(18-19-13)10-6-7-15-8-16-10/h1-8,11H,14H2/t11-/m0/s1.